The Morgan fingerprint density at radius 1 is 1.31 bits per heavy atom. The molecule has 0 aromatic heterocycles. The summed E-state index contributed by atoms with van der Waals surface area (Å²) in [5.74, 6) is -0.172. The zero-order valence-electron chi connectivity index (χ0n) is 10.1. The van der Waals surface area contributed by atoms with Crippen LogP contribution in [0, 0.1) is 5.82 Å². The summed E-state index contributed by atoms with van der Waals surface area (Å²) >= 11 is 0. The van der Waals surface area contributed by atoms with Crippen molar-refractivity contribution in [2.75, 3.05) is 20.1 Å². The molecular weight excluding hydrogens is 203 g/mol. The third-order valence-electron chi connectivity index (χ3n) is 3.57. The fraction of sp³-hybridized carbons (Fsp3) is 0.538. The third kappa shape index (κ3) is 2.11. The number of hydrogen-bond acceptors (Lipinski definition) is 2. The molecule has 1 aromatic carbocycles. The van der Waals surface area contributed by atoms with Gasteiger partial charge in [-0.15, -0.1) is 0 Å². The van der Waals surface area contributed by atoms with Crippen molar-refractivity contribution in [3.8, 4) is 0 Å². The molecule has 1 N–H and O–H groups in total. The smallest absolute Gasteiger partial charge is 0.123 e. The number of piperazine rings is 1. The van der Waals surface area contributed by atoms with Gasteiger partial charge in [-0.25, -0.2) is 4.39 Å². The van der Waals surface area contributed by atoms with E-state index < -0.39 is 0 Å². The van der Waals surface area contributed by atoms with E-state index in [4.69, 9.17) is 0 Å². The fourth-order valence-electron chi connectivity index (χ4n) is 2.22. The van der Waals surface area contributed by atoms with Gasteiger partial charge in [0.1, 0.15) is 5.82 Å². The highest BCUT2D eigenvalue weighted by atomic mass is 19.1. The van der Waals surface area contributed by atoms with Gasteiger partial charge in [0.2, 0.25) is 0 Å². The van der Waals surface area contributed by atoms with Gasteiger partial charge in [0.25, 0.3) is 0 Å². The van der Waals surface area contributed by atoms with E-state index in [1.165, 1.54) is 17.7 Å². The summed E-state index contributed by atoms with van der Waals surface area (Å²) in [5.41, 5.74) is 1.31. The molecule has 0 spiro atoms. The third-order valence-corrected chi connectivity index (χ3v) is 3.57. The Hall–Kier alpha value is -0.930. The van der Waals surface area contributed by atoms with Crippen LogP contribution in [0.4, 0.5) is 4.39 Å². The summed E-state index contributed by atoms with van der Waals surface area (Å²) in [6.45, 7) is 6.35. The first-order valence-electron chi connectivity index (χ1n) is 5.70. The van der Waals surface area contributed by atoms with E-state index in [1.807, 2.05) is 12.1 Å². The normalized spacial score (nSPS) is 25.6. The van der Waals surface area contributed by atoms with E-state index in [2.05, 4.69) is 31.1 Å². The maximum atomic E-state index is 12.9. The van der Waals surface area contributed by atoms with Crippen molar-refractivity contribution >= 4 is 0 Å². The van der Waals surface area contributed by atoms with Crippen LogP contribution in [0.5, 0.6) is 0 Å². The van der Waals surface area contributed by atoms with Crippen molar-refractivity contribution < 1.29 is 4.39 Å². The van der Waals surface area contributed by atoms with Gasteiger partial charge in [-0.1, -0.05) is 12.1 Å². The zero-order valence-corrected chi connectivity index (χ0v) is 10.1. The van der Waals surface area contributed by atoms with E-state index in [9.17, 15) is 4.39 Å². The number of halogens is 1. The SMILES string of the molecule is CN1C(c2ccc(F)cc2)CNCC1(C)C. The number of nitrogens with one attached hydrogen (secondary N) is 1. The quantitative estimate of drug-likeness (QED) is 0.783. The lowest BCUT2D eigenvalue weighted by atomic mass is 9.93. The molecule has 2 rings (SSSR count). The predicted octanol–water partition coefficient (Wildman–Crippen LogP) is 2.18. The molecule has 0 aliphatic carbocycles. The first-order chi connectivity index (χ1) is 7.50. The van der Waals surface area contributed by atoms with Gasteiger partial charge < -0.3 is 5.32 Å². The second-order valence-electron chi connectivity index (χ2n) is 5.12. The standard InChI is InChI=1S/C13H19FN2/c1-13(2)9-15-8-12(16(13)3)10-4-6-11(14)7-5-10/h4-7,12,15H,8-9H2,1-3H3. The van der Waals surface area contributed by atoms with Crippen LogP contribution in [0.3, 0.4) is 0 Å². The molecule has 16 heavy (non-hydrogen) atoms. The first-order valence-corrected chi connectivity index (χ1v) is 5.70. The lowest BCUT2D eigenvalue weighted by Gasteiger charge is -2.46. The van der Waals surface area contributed by atoms with E-state index in [0.717, 1.165) is 13.1 Å². The van der Waals surface area contributed by atoms with Crippen LogP contribution in [-0.2, 0) is 0 Å². The molecule has 0 amide bonds. The van der Waals surface area contributed by atoms with Crippen LogP contribution in [-0.4, -0.2) is 30.6 Å². The van der Waals surface area contributed by atoms with Crippen molar-refractivity contribution in [1.29, 1.82) is 0 Å². The van der Waals surface area contributed by atoms with Gasteiger partial charge in [-0.3, -0.25) is 4.90 Å². The highest BCUT2D eigenvalue weighted by Gasteiger charge is 2.33. The number of nitrogens with zero attached hydrogens (tertiary/aromatic N) is 1. The van der Waals surface area contributed by atoms with Crippen molar-refractivity contribution in [3.63, 3.8) is 0 Å². The molecule has 3 heteroatoms. The van der Waals surface area contributed by atoms with E-state index in [-0.39, 0.29) is 11.4 Å². The molecule has 0 bridgehead atoms. The van der Waals surface area contributed by atoms with Crippen LogP contribution < -0.4 is 5.32 Å². The fourth-order valence-corrected chi connectivity index (χ4v) is 2.22. The second-order valence-corrected chi connectivity index (χ2v) is 5.12. The molecule has 1 atom stereocenters. The number of rotatable bonds is 1. The molecule has 0 radical (unpaired) electrons. The molecular formula is C13H19FN2. The minimum atomic E-state index is -0.172. The maximum absolute atomic E-state index is 12.9. The highest BCUT2D eigenvalue weighted by molar-refractivity contribution is 5.21. The van der Waals surface area contributed by atoms with Crippen molar-refractivity contribution in [2.45, 2.75) is 25.4 Å². The summed E-state index contributed by atoms with van der Waals surface area (Å²) in [4.78, 5) is 2.36. The topological polar surface area (TPSA) is 15.3 Å². The van der Waals surface area contributed by atoms with E-state index >= 15 is 0 Å². The summed E-state index contributed by atoms with van der Waals surface area (Å²) in [7, 11) is 2.13. The zero-order chi connectivity index (χ0) is 11.8. The predicted molar refractivity (Wildman–Crippen MR) is 63.9 cm³/mol. The van der Waals surface area contributed by atoms with Crippen molar-refractivity contribution in [1.82, 2.24) is 10.2 Å². The molecule has 1 saturated heterocycles. The Labute approximate surface area is 96.5 Å². The molecule has 1 fully saturated rings. The molecule has 1 unspecified atom stereocenters. The Morgan fingerprint density at radius 3 is 2.56 bits per heavy atom. The van der Waals surface area contributed by atoms with Crippen LogP contribution in [0.15, 0.2) is 24.3 Å². The average Bonchev–Trinajstić information content (AvgIpc) is 2.24. The van der Waals surface area contributed by atoms with Gasteiger partial charge in [0.05, 0.1) is 0 Å². The van der Waals surface area contributed by atoms with Crippen molar-refractivity contribution in [3.05, 3.63) is 35.6 Å². The molecule has 1 aromatic rings. The molecule has 2 nitrogen and oxygen atoms in total. The maximum Gasteiger partial charge on any atom is 0.123 e. The van der Waals surface area contributed by atoms with Gasteiger partial charge in [-0.05, 0) is 38.6 Å². The lowest BCUT2D eigenvalue weighted by Crippen LogP contribution is -2.57. The summed E-state index contributed by atoms with van der Waals surface area (Å²) in [6.07, 6.45) is 0. The van der Waals surface area contributed by atoms with Gasteiger partial charge in [-0.2, -0.15) is 0 Å². The molecule has 0 saturated carbocycles. The summed E-state index contributed by atoms with van der Waals surface area (Å²) in [5, 5.41) is 3.43. The Morgan fingerprint density at radius 2 is 1.94 bits per heavy atom. The van der Waals surface area contributed by atoms with Crippen LogP contribution in [0.25, 0.3) is 0 Å². The average molecular weight is 222 g/mol. The highest BCUT2D eigenvalue weighted by Crippen LogP contribution is 2.28. The second kappa shape index (κ2) is 4.15. The monoisotopic (exact) mass is 222 g/mol. The Kier molecular flexibility index (Phi) is 3.00. The lowest BCUT2D eigenvalue weighted by molar-refractivity contribution is 0.0650. The molecule has 1 heterocycles. The summed E-state index contributed by atoms with van der Waals surface area (Å²) < 4.78 is 12.9. The van der Waals surface area contributed by atoms with Gasteiger partial charge >= 0.3 is 0 Å². The first kappa shape index (κ1) is 11.6. The molecule has 1 aliphatic heterocycles. The van der Waals surface area contributed by atoms with Crippen LogP contribution >= 0.6 is 0 Å². The molecule has 1 aliphatic rings. The van der Waals surface area contributed by atoms with Crippen LogP contribution in [0.2, 0.25) is 0 Å². The number of likely N-dealkylation sites (N-methyl/N-ethyl adjacent to an activating group) is 1. The van der Waals surface area contributed by atoms with Crippen LogP contribution in [0.1, 0.15) is 25.5 Å². The number of benzene rings is 1. The van der Waals surface area contributed by atoms with Gasteiger partial charge in [0, 0.05) is 24.7 Å². The number of hydrogen-bond donors (Lipinski definition) is 1. The minimum Gasteiger partial charge on any atom is -0.313 e. The summed E-state index contributed by atoms with van der Waals surface area (Å²) in [6, 6.07) is 7.14. The van der Waals surface area contributed by atoms with E-state index in [0.29, 0.717) is 6.04 Å². The largest absolute Gasteiger partial charge is 0.313 e. The van der Waals surface area contributed by atoms with Gasteiger partial charge in [0.15, 0.2) is 0 Å². The Balaban J connectivity index is 2.23. The van der Waals surface area contributed by atoms with Crippen molar-refractivity contribution in [2.24, 2.45) is 0 Å². The molecule has 88 valence electrons. The van der Waals surface area contributed by atoms with E-state index in [1.54, 1.807) is 0 Å². The Bertz CT molecular complexity index is 359. The minimum absolute atomic E-state index is 0.136.